The molecule has 0 radical (unpaired) electrons. The van der Waals surface area contributed by atoms with Gasteiger partial charge in [0.05, 0.1) is 16.3 Å². The lowest BCUT2D eigenvalue weighted by Crippen LogP contribution is -2.36. The van der Waals surface area contributed by atoms with Gasteiger partial charge in [0.25, 0.3) is 0 Å². The number of aromatic nitrogens is 2. The lowest BCUT2D eigenvalue weighted by atomic mass is 9.88. The Hall–Kier alpha value is -1.92. The van der Waals surface area contributed by atoms with Crippen molar-refractivity contribution in [3.63, 3.8) is 0 Å². The van der Waals surface area contributed by atoms with Gasteiger partial charge in [-0.2, -0.15) is 0 Å². The number of rotatable bonds is 4. The van der Waals surface area contributed by atoms with E-state index < -0.39 is 5.82 Å². The van der Waals surface area contributed by atoms with E-state index in [1.165, 1.54) is 6.07 Å². The van der Waals surface area contributed by atoms with Crippen LogP contribution in [0.15, 0.2) is 24.4 Å². The molecule has 0 bridgehead atoms. The van der Waals surface area contributed by atoms with Crippen LogP contribution in [0, 0.1) is 11.7 Å². The number of hydrogen-bond donors (Lipinski definition) is 2. The Balaban J connectivity index is 1.79. The highest BCUT2D eigenvalue weighted by Gasteiger charge is 2.28. The molecule has 1 fully saturated rings. The van der Waals surface area contributed by atoms with Crippen LogP contribution in [-0.2, 0) is 4.74 Å². The molecule has 2 aromatic rings. The molecule has 0 aliphatic carbocycles. The minimum Gasteiger partial charge on any atom is -0.384 e. The monoisotopic (exact) mass is 364 g/mol. The van der Waals surface area contributed by atoms with Crippen molar-refractivity contribution in [2.75, 3.05) is 24.2 Å². The maximum atomic E-state index is 14.3. The third kappa shape index (κ3) is 4.38. The van der Waals surface area contributed by atoms with Crippen LogP contribution in [0.4, 0.5) is 16.0 Å². The van der Waals surface area contributed by atoms with Crippen LogP contribution in [-0.4, -0.2) is 28.7 Å². The molecule has 1 aliphatic rings. The van der Waals surface area contributed by atoms with Crippen molar-refractivity contribution in [3.05, 3.63) is 35.2 Å². The Morgan fingerprint density at radius 1 is 1.44 bits per heavy atom. The summed E-state index contributed by atoms with van der Waals surface area (Å²) in [5.74, 6) is 0.487. The fourth-order valence-electron chi connectivity index (χ4n) is 3.16. The summed E-state index contributed by atoms with van der Waals surface area (Å²) in [5, 5.41) is 3.36. The topological polar surface area (TPSA) is 73.1 Å². The number of hydrogen-bond acceptors (Lipinski definition) is 5. The second-order valence-electron chi connectivity index (χ2n) is 6.97. The number of pyridine rings is 2. The van der Waals surface area contributed by atoms with Crippen molar-refractivity contribution < 1.29 is 9.13 Å². The van der Waals surface area contributed by atoms with Gasteiger partial charge < -0.3 is 15.8 Å². The lowest BCUT2D eigenvalue weighted by Gasteiger charge is -2.35. The van der Waals surface area contributed by atoms with Crippen molar-refractivity contribution in [2.24, 2.45) is 5.92 Å². The molecule has 0 spiro atoms. The van der Waals surface area contributed by atoms with E-state index in [1.54, 1.807) is 18.3 Å². The van der Waals surface area contributed by atoms with Crippen LogP contribution >= 0.6 is 11.6 Å². The molecule has 3 rings (SSSR count). The Morgan fingerprint density at radius 3 is 2.96 bits per heavy atom. The van der Waals surface area contributed by atoms with Gasteiger partial charge in [0.2, 0.25) is 0 Å². The number of anilines is 2. The molecule has 0 aromatic carbocycles. The Labute approximate surface area is 151 Å². The number of nitrogens with one attached hydrogen (secondary N) is 1. The van der Waals surface area contributed by atoms with Crippen LogP contribution in [0.3, 0.4) is 0 Å². The van der Waals surface area contributed by atoms with Crippen LogP contribution in [0.5, 0.6) is 0 Å². The summed E-state index contributed by atoms with van der Waals surface area (Å²) in [6, 6.07) is 4.68. The van der Waals surface area contributed by atoms with Gasteiger partial charge in [-0.15, -0.1) is 0 Å². The smallest absolute Gasteiger partial charge is 0.166 e. The van der Waals surface area contributed by atoms with E-state index in [2.05, 4.69) is 29.1 Å². The van der Waals surface area contributed by atoms with Gasteiger partial charge in [0, 0.05) is 24.9 Å². The van der Waals surface area contributed by atoms with Crippen LogP contribution in [0.2, 0.25) is 5.02 Å². The van der Waals surface area contributed by atoms with E-state index in [-0.39, 0.29) is 16.4 Å². The molecule has 3 N–H and O–H groups in total. The van der Waals surface area contributed by atoms with Gasteiger partial charge in [-0.25, -0.2) is 14.4 Å². The molecule has 5 nitrogen and oxygen atoms in total. The Bertz CT molecular complexity index is 769. The maximum Gasteiger partial charge on any atom is 0.166 e. The molecule has 1 aliphatic heterocycles. The average Bonchev–Trinajstić information content (AvgIpc) is 2.53. The summed E-state index contributed by atoms with van der Waals surface area (Å²) in [7, 11) is 0. The van der Waals surface area contributed by atoms with Gasteiger partial charge in [-0.05, 0) is 50.8 Å². The minimum absolute atomic E-state index is 0.143. The molecule has 1 unspecified atom stereocenters. The molecule has 1 atom stereocenters. The zero-order chi connectivity index (χ0) is 18.0. The predicted octanol–water partition coefficient (Wildman–Crippen LogP) is 4.14. The summed E-state index contributed by atoms with van der Waals surface area (Å²) < 4.78 is 20.0. The fourth-order valence-corrected chi connectivity index (χ4v) is 3.41. The summed E-state index contributed by atoms with van der Waals surface area (Å²) in [5.41, 5.74) is 6.75. The molecular formula is C18H22ClFN4O. The zero-order valence-electron chi connectivity index (χ0n) is 14.4. The zero-order valence-corrected chi connectivity index (χ0v) is 15.1. The maximum absolute atomic E-state index is 14.3. The quantitative estimate of drug-likeness (QED) is 0.853. The lowest BCUT2D eigenvalue weighted by molar-refractivity contribution is -0.0699. The van der Waals surface area contributed by atoms with E-state index in [4.69, 9.17) is 22.1 Å². The van der Waals surface area contributed by atoms with Crippen molar-refractivity contribution in [2.45, 2.75) is 32.3 Å². The highest BCUT2D eigenvalue weighted by atomic mass is 35.5. The first-order valence-electron chi connectivity index (χ1n) is 8.30. The number of nitrogens with zero attached hydrogens (tertiary/aromatic N) is 2. The van der Waals surface area contributed by atoms with Gasteiger partial charge in [0.15, 0.2) is 11.6 Å². The first-order valence-corrected chi connectivity index (χ1v) is 8.67. The Morgan fingerprint density at radius 2 is 2.24 bits per heavy atom. The molecular weight excluding hydrogens is 343 g/mol. The molecule has 134 valence electrons. The van der Waals surface area contributed by atoms with Crippen molar-refractivity contribution >= 4 is 23.2 Å². The van der Waals surface area contributed by atoms with Gasteiger partial charge in [0.1, 0.15) is 5.82 Å². The van der Waals surface area contributed by atoms with E-state index in [9.17, 15) is 4.39 Å². The average molecular weight is 365 g/mol. The predicted molar refractivity (Wildman–Crippen MR) is 98.1 cm³/mol. The van der Waals surface area contributed by atoms with Crippen LogP contribution in [0.25, 0.3) is 11.3 Å². The van der Waals surface area contributed by atoms with Crippen LogP contribution < -0.4 is 11.1 Å². The van der Waals surface area contributed by atoms with Gasteiger partial charge in [-0.1, -0.05) is 11.6 Å². The van der Waals surface area contributed by atoms with E-state index >= 15 is 0 Å². The number of nitrogens with two attached hydrogens (primary N) is 1. The van der Waals surface area contributed by atoms with Crippen molar-refractivity contribution in [3.8, 4) is 11.3 Å². The van der Waals surface area contributed by atoms with E-state index in [0.717, 1.165) is 19.4 Å². The molecule has 0 amide bonds. The van der Waals surface area contributed by atoms with Crippen molar-refractivity contribution in [1.29, 1.82) is 0 Å². The van der Waals surface area contributed by atoms with Crippen LogP contribution in [0.1, 0.15) is 26.7 Å². The van der Waals surface area contributed by atoms with Gasteiger partial charge in [-0.3, -0.25) is 0 Å². The van der Waals surface area contributed by atoms with Crippen molar-refractivity contribution in [1.82, 2.24) is 9.97 Å². The normalized spacial score (nSPS) is 19.6. The molecule has 25 heavy (non-hydrogen) atoms. The summed E-state index contributed by atoms with van der Waals surface area (Å²) >= 11 is 6.17. The van der Waals surface area contributed by atoms with Gasteiger partial charge >= 0.3 is 0 Å². The van der Waals surface area contributed by atoms with E-state index in [1.807, 2.05) is 0 Å². The number of ether oxygens (including phenoxy) is 1. The highest BCUT2D eigenvalue weighted by molar-refractivity contribution is 6.33. The Kier molecular flexibility index (Phi) is 5.11. The standard InChI is InChI=1S/C18H22ClFN4O/c1-18(2)9-11(4-6-25-18)10-23-17-14(20)8-13(19)16(24-17)12-3-5-22-15(21)7-12/h3,5,7-8,11H,4,6,9-10H2,1-2H3,(H2,21,22)(H,23,24). The molecule has 1 saturated heterocycles. The first kappa shape index (κ1) is 17.9. The first-order chi connectivity index (χ1) is 11.8. The molecule has 0 saturated carbocycles. The minimum atomic E-state index is -0.470. The second kappa shape index (κ2) is 7.14. The SMILES string of the molecule is CC1(C)CC(CNc2nc(-c3ccnc(N)c3)c(Cl)cc2F)CCO1. The number of halogens is 2. The molecule has 2 aromatic heterocycles. The second-order valence-corrected chi connectivity index (χ2v) is 7.37. The third-order valence-electron chi connectivity index (χ3n) is 4.34. The fraction of sp³-hybridized carbons (Fsp3) is 0.444. The summed E-state index contributed by atoms with van der Waals surface area (Å²) in [6.07, 6.45) is 3.44. The molecule has 3 heterocycles. The molecule has 7 heteroatoms. The largest absolute Gasteiger partial charge is 0.384 e. The number of nitrogen functional groups attached to an aromatic ring is 1. The summed E-state index contributed by atoms with van der Waals surface area (Å²) in [6.45, 7) is 5.51. The van der Waals surface area contributed by atoms with E-state index in [0.29, 0.717) is 29.5 Å². The third-order valence-corrected chi connectivity index (χ3v) is 4.63. The summed E-state index contributed by atoms with van der Waals surface area (Å²) in [4.78, 5) is 8.32. The highest BCUT2D eigenvalue weighted by Crippen LogP contribution is 2.31.